The molecule has 36 heavy (non-hydrogen) atoms. The summed E-state index contributed by atoms with van der Waals surface area (Å²) < 4.78 is 5.80. The number of carbonyl (C=O) groups is 2. The van der Waals surface area contributed by atoms with E-state index in [4.69, 9.17) is 16.3 Å². The molecule has 0 aromatic heterocycles. The van der Waals surface area contributed by atoms with Crippen molar-refractivity contribution in [3.05, 3.63) is 0 Å². The highest BCUT2D eigenvalue weighted by Gasteiger charge is 2.47. The van der Waals surface area contributed by atoms with Gasteiger partial charge in [0.25, 0.3) is 0 Å². The summed E-state index contributed by atoms with van der Waals surface area (Å²) in [5.74, 6) is 0.694. The summed E-state index contributed by atoms with van der Waals surface area (Å²) in [5, 5.41) is 14.0. The van der Waals surface area contributed by atoms with Crippen LogP contribution in [0, 0.1) is 23.7 Å². The zero-order chi connectivity index (χ0) is 25.4. The van der Waals surface area contributed by atoms with Gasteiger partial charge in [-0.1, -0.05) is 0 Å². The molecule has 0 radical (unpaired) electrons. The first-order valence-corrected chi connectivity index (χ1v) is 14.8. The molecular formula is C24H42ClN7O3S. The Balaban J connectivity index is 1.16. The van der Waals surface area contributed by atoms with Crippen molar-refractivity contribution in [3.63, 3.8) is 0 Å². The fourth-order valence-electron chi connectivity index (χ4n) is 6.82. The number of piperidine rings is 2. The van der Waals surface area contributed by atoms with Gasteiger partial charge in [0.2, 0.25) is 11.8 Å². The normalized spacial score (nSPS) is 45.3. The minimum Gasteiger partial charge on any atom is -0.380 e. The molecule has 12 heteroatoms. The third-order valence-corrected chi connectivity index (χ3v) is 10.4. The van der Waals surface area contributed by atoms with E-state index in [1.165, 1.54) is 0 Å². The van der Waals surface area contributed by atoms with Crippen LogP contribution in [0.5, 0.6) is 0 Å². The highest BCUT2D eigenvalue weighted by atomic mass is 35.5. The molecule has 11 atom stereocenters. The third kappa shape index (κ3) is 5.83. The molecule has 11 unspecified atom stereocenters. The number of amides is 2. The number of fused-ring (bicyclic) bond motifs is 1. The number of nitrogens with zero attached hydrogens (tertiary/aromatic N) is 1. The van der Waals surface area contributed by atoms with Crippen molar-refractivity contribution in [2.45, 2.75) is 73.6 Å². The molecule has 6 N–H and O–H groups in total. The van der Waals surface area contributed by atoms with E-state index >= 15 is 0 Å². The Labute approximate surface area is 223 Å². The molecule has 0 aromatic rings. The van der Waals surface area contributed by atoms with Crippen LogP contribution in [0.2, 0.25) is 0 Å². The average Bonchev–Trinajstić information content (AvgIpc) is 3.42. The van der Waals surface area contributed by atoms with Crippen molar-refractivity contribution in [2.24, 2.45) is 23.7 Å². The van der Waals surface area contributed by atoms with Gasteiger partial charge in [-0.2, -0.15) is 0 Å². The number of likely N-dealkylation sites (tertiary alicyclic amines) is 1. The molecular weight excluding hydrogens is 502 g/mol. The second-order valence-electron chi connectivity index (χ2n) is 11.3. The van der Waals surface area contributed by atoms with Crippen molar-refractivity contribution >= 4 is 35.2 Å². The van der Waals surface area contributed by atoms with Crippen molar-refractivity contribution in [1.29, 1.82) is 0 Å². The largest absolute Gasteiger partial charge is 0.380 e. The zero-order valence-corrected chi connectivity index (χ0v) is 23.0. The van der Waals surface area contributed by atoms with Crippen molar-refractivity contribution in [3.8, 4) is 0 Å². The maximum absolute atomic E-state index is 13.5. The average molecular weight is 544 g/mol. The van der Waals surface area contributed by atoms with Crippen LogP contribution < -0.4 is 32.1 Å². The van der Waals surface area contributed by atoms with Crippen LogP contribution in [0.3, 0.4) is 0 Å². The quantitative estimate of drug-likeness (QED) is 0.203. The topological polar surface area (TPSA) is 119 Å². The first-order chi connectivity index (χ1) is 17.3. The Morgan fingerprint density at radius 3 is 2.61 bits per heavy atom. The third-order valence-electron chi connectivity index (χ3n) is 8.73. The first-order valence-electron chi connectivity index (χ1n) is 13.4. The van der Waals surface area contributed by atoms with Gasteiger partial charge < -0.3 is 20.3 Å². The van der Waals surface area contributed by atoms with Crippen molar-refractivity contribution in [2.75, 3.05) is 39.8 Å². The maximum Gasteiger partial charge on any atom is 0.227 e. The summed E-state index contributed by atoms with van der Waals surface area (Å²) in [6, 6.07) is 0.860. The number of methoxy groups -OCH3 is 1. The van der Waals surface area contributed by atoms with E-state index < -0.39 is 0 Å². The number of hydrogen-bond donors (Lipinski definition) is 6. The number of halogens is 1. The van der Waals surface area contributed by atoms with Crippen LogP contribution in [0.25, 0.3) is 0 Å². The molecule has 0 saturated carbocycles. The number of hydrogen-bond acceptors (Lipinski definition) is 9. The summed E-state index contributed by atoms with van der Waals surface area (Å²) in [6.07, 6.45) is 2.66. The van der Waals surface area contributed by atoms with Gasteiger partial charge in [0.05, 0.1) is 23.4 Å². The van der Waals surface area contributed by atoms with Gasteiger partial charge in [-0.25, -0.2) is 0 Å². The Hall–Kier alpha value is -0.660. The molecule has 0 aliphatic carbocycles. The highest BCUT2D eigenvalue weighted by Crippen LogP contribution is 2.38. The fraction of sp³-hybridized carbons (Fsp3) is 0.917. The van der Waals surface area contributed by atoms with E-state index in [1.54, 1.807) is 18.9 Å². The highest BCUT2D eigenvalue weighted by molar-refractivity contribution is 8.00. The second-order valence-corrected chi connectivity index (χ2v) is 13.2. The van der Waals surface area contributed by atoms with E-state index in [-0.39, 0.29) is 58.6 Å². The Morgan fingerprint density at radius 2 is 1.86 bits per heavy atom. The smallest absolute Gasteiger partial charge is 0.227 e. The minimum absolute atomic E-state index is 0.0252. The summed E-state index contributed by atoms with van der Waals surface area (Å²) in [6.45, 7) is 7.78. The van der Waals surface area contributed by atoms with Crippen LogP contribution >= 0.6 is 23.4 Å². The maximum atomic E-state index is 13.5. The monoisotopic (exact) mass is 543 g/mol. The van der Waals surface area contributed by atoms with Gasteiger partial charge in [0, 0.05) is 63.2 Å². The Kier molecular flexibility index (Phi) is 8.68. The Bertz CT molecular complexity index is 798. The van der Waals surface area contributed by atoms with Gasteiger partial charge in [-0.3, -0.25) is 31.1 Å². The molecule has 5 rings (SSSR count). The molecule has 5 aliphatic heterocycles. The van der Waals surface area contributed by atoms with Gasteiger partial charge in [0.15, 0.2) is 0 Å². The summed E-state index contributed by atoms with van der Waals surface area (Å²) in [5.41, 5.74) is 6.12. The van der Waals surface area contributed by atoms with Crippen LogP contribution in [-0.4, -0.2) is 97.0 Å². The van der Waals surface area contributed by atoms with Crippen LogP contribution in [0.15, 0.2) is 0 Å². The lowest BCUT2D eigenvalue weighted by Crippen LogP contribution is -2.57. The molecule has 204 valence electrons. The lowest BCUT2D eigenvalue weighted by Gasteiger charge is -2.45. The molecule has 0 bridgehead atoms. The van der Waals surface area contributed by atoms with Crippen LogP contribution in [-0.2, 0) is 14.3 Å². The van der Waals surface area contributed by atoms with Gasteiger partial charge in [-0.15, -0.1) is 23.4 Å². The number of ether oxygens (including phenoxy) is 1. The second kappa shape index (κ2) is 11.6. The van der Waals surface area contributed by atoms with Gasteiger partial charge in [-0.05, 0) is 44.9 Å². The fourth-order valence-corrected chi connectivity index (χ4v) is 8.52. The molecule has 0 spiro atoms. The van der Waals surface area contributed by atoms with Crippen molar-refractivity contribution in [1.82, 2.24) is 37.0 Å². The standard InChI is InChI=1S/C24H42ClN7O3S/c1-12-5-15(16-6-21(25)27-9-19(16)35-3)17(8-26-12)22(33)30-24-29-18-10-32(11-20(18)36-24)23(34)14-4-13(2)31-28-7-14/h12-21,24,26-29,31H,4-11H2,1-3H3,(H,30,33). The van der Waals surface area contributed by atoms with Gasteiger partial charge in [0.1, 0.15) is 5.50 Å². The molecule has 10 nitrogen and oxygen atoms in total. The molecule has 5 aliphatic rings. The predicted molar refractivity (Wildman–Crippen MR) is 141 cm³/mol. The molecule has 5 fully saturated rings. The number of rotatable bonds is 5. The van der Waals surface area contributed by atoms with Gasteiger partial charge >= 0.3 is 0 Å². The molecule has 0 aromatic carbocycles. The van der Waals surface area contributed by atoms with E-state index in [1.807, 2.05) is 4.90 Å². The number of carbonyl (C=O) groups excluding carboxylic acids is 2. The van der Waals surface area contributed by atoms with Crippen LogP contribution in [0.4, 0.5) is 0 Å². The van der Waals surface area contributed by atoms with Crippen LogP contribution in [0.1, 0.15) is 33.1 Å². The number of thioether (sulfide) groups is 1. The minimum atomic E-state index is -0.127. The number of hydrazine groups is 1. The van der Waals surface area contributed by atoms with Crippen molar-refractivity contribution < 1.29 is 14.3 Å². The predicted octanol–water partition coefficient (Wildman–Crippen LogP) is -0.392. The number of alkyl halides is 1. The molecule has 5 heterocycles. The lowest BCUT2D eigenvalue weighted by molar-refractivity contribution is -0.135. The molecule has 5 saturated heterocycles. The molecule has 2 amide bonds. The van der Waals surface area contributed by atoms with E-state index in [0.717, 1.165) is 25.8 Å². The summed E-state index contributed by atoms with van der Waals surface area (Å²) in [4.78, 5) is 28.6. The number of nitrogens with one attached hydrogen (secondary N) is 6. The SMILES string of the molecule is COC1CNC(Cl)CC1C1CC(C)NCC1C(=O)NC1NC2CN(C(=O)C3CNNC(C)C3)CC2S1. The summed E-state index contributed by atoms with van der Waals surface area (Å²) in [7, 11) is 1.75. The van der Waals surface area contributed by atoms with E-state index in [2.05, 4.69) is 46.0 Å². The first kappa shape index (κ1) is 26.9. The zero-order valence-electron chi connectivity index (χ0n) is 21.5. The summed E-state index contributed by atoms with van der Waals surface area (Å²) >= 11 is 8.21. The van der Waals surface area contributed by atoms with E-state index in [9.17, 15) is 9.59 Å². The Morgan fingerprint density at radius 1 is 1.03 bits per heavy atom. The van der Waals surface area contributed by atoms with E-state index in [0.29, 0.717) is 43.5 Å². The lowest BCUT2D eigenvalue weighted by atomic mass is 9.70.